The Morgan fingerprint density at radius 1 is 0.357 bits per heavy atom. The lowest BCUT2D eigenvalue weighted by Crippen LogP contribution is -2.14. The first kappa shape index (κ1) is 47.8. The normalized spacial score (nSPS) is 14.7. The van der Waals surface area contributed by atoms with E-state index in [0.29, 0.717) is 11.2 Å². The first-order valence-corrected chi connectivity index (χ1v) is 27.8. The van der Waals surface area contributed by atoms with Crippen LogP contribution < -0.4 is 9.80 Å². The van der Waals surface area contributed by atoms with E-state index >= 15 is 0 Å². The van der Waals surface area contributed by atoms with Crippen molar-refractivity contribution in [2.24, 2.45) is 5.92 Å². The molecular formula is C64H62N2S4. The maximum atomic E-state index is 2.58. The number of allylic oxidation sites excluding steroid dienone is 1. The summed E-state index contributed by atoms with van der Waals surface area (Å²) in [5, 5.41) is 5.52. The van der Waals surface area contributed by atoms with Gasteiger partial charge in [-0.1, -0.05) is 140 Å². The van der Waals surface area contributed by atoms with Gasteiger partial charge in [0.15, 0.2) is 0 Å². The highest BCUT2D eigenvalue weighted by atomic mass is 32.2. The van der Waals surface area contributed by atoms with Gasteiger partial charge in [0.1, 0.15) is 15.0 Å². The van der Waals surface area contributed by atoms with E-state index in [9.17, 15) is 0 Å². The summed E-state index contributed by atoms with van der Waals surface area (Å²) >= 11 is 7.78. The van der Waals surface area contributed by atoms with Crippen molar-refractivity contribution >= 4 is 72.2 Å². The van der Waals surface area contributed by atoms with Gasteiger partial charge in [-0.05, 0) is 201 Å². The van der Waals surface area contributed by atoms with Crippen molar-refractivity contribution in [2.45, 2.75) is 88.3 Å². The van der Waals surface area contributed by atoms with Crippen molar-refractivity contribution in [3.63, 3.8) is 0 Å². The highest BCUT2D eigenvalue weighted by molar-refractivity contribution is 8.03. The highest BCUT2D eigenvalue weighted by Crippen LogP contribution is 2.58. The fourth-order valence-corrected chi connectivity index (χ4v) is 16.2. The SMILES string of the molecule is CC1=C(N(c2ccc(-c3ccc(N(c4sc(-c5ccccc5C)c(C)c4C)c4sc(-c5ccccc5C)c(C)c4C)cc3)cc2)c2sc(-c3ccccc3C)c(C)c2C)SC(c2ccccc2C)C1C. The second-order valence-corrected chi connectivity index (χ2v) is 23.5. The molecule has 0 amide bonds. The van der Waals surface area contributed by atoms with E-state index < -0.39 is 0 Å². The van der Waals surface area contributed by atoms with Crippen molar-refractivity contribution in [3.8, 4) is 42.4 Å². The summed E-state index contributed by atoms with van der Waals surface area (Å²) in [7, 11) is 0. The molecule has 0 fully saturated rings. The fraction of sp³-hybridized carbons (Fsp3) is 0.219. The predicted octanol–water partition coefficient (Wildman–Crippen LogP) is 20.6. The number of aryl methyl sites for hydroxylation is 4. The molecule has 0 saturated heterocycles. The van der Waals surface area contributed by atoms with Gasteiger partial charge in [0, 0.05) is 31.3 Å². The van der Waals surface area contributed by atoms with Gasteiger partial charge in [0.2, 0.25) is 0 Å². The predicted molar refractivity (Wildman–Crippen MR) is 311 cm³/mol. The Balaban J connectivity index is 1.05. The van der Waals surface area contributed by atoms with Gasteiger partial charge >= 0.3 is 0 Å². The van der Waals surface area contributed by atoms with Crippen LogP contribution in [0, 0.1) is 75.2 Å². The molecule has 70 heavy (non-hydrogen) atoms. The molecule has 2 atom stereocenters. The molecule has 0 saturated carbocycles. The Kier molecular flexibility index (Phi) is 13.2. The van der Waals surface area contributed by atoms with Gasteiger partial charge in [-0.25, -0.2) is 0 Å². The van der Waals surface area contributed by atoms with E-state index in [4.69, 9.17) is 0 Å². The van der Waals surface area contributed by atoms with Crippen LogP contribution >= 0.6 is 45.8 Å². The molecule has 0 bridgehead atoms. The molecule has 0 radical (unpaired) electrons. The molecule has 1 aliphatic rings. The van der Waals surface area contributed by atoms with Crippen molar-refractivity contribution < 1.29 is 0 Å². The van der Waals surface area contributed by atoms with Gasteiger partial charge in [0.05, 0.1) is 5.03 Å². The van der Waals surface area contributed by atoms with E-state index in [1.165, 1.54) is 141 Å². The summed E-state index contributed by atoms with van der Waals surface area (Å²) in [5.41, 5.74) is 24.9. The number of benzene rings is 6. The standard InChI is InChI=1S/C64H62N2S4/c1-37-21-13-17-25-53(37)57-41(5)45(9)61(67-57)65(62-46(10)42(6)58(68-62)54-26-18-14-22-38(54)2)51-33-29-49(30-34-51)50-31-35-52(36-32-50)66(63-47(11)43(7)59(69-63)55-27-19-15-23-39(55)3)64-48(12)44(8)60(70-64)56-28-20-16-24-40(56)4/h13-36,41,57H,1-12H3. The number of anilines is 5. The molecule has 4 heterocycles. The zero-order chi connectivity index (χ0) is 49.1. The van der Waals surface area contributed by atoms with E-state index in [1.807, 2.05) is 45.8 Å². The lowest BCUT2D eigenvalue weighted by Gasteiger charge is -2.27. The highest BCUT2D eigenvalue weighted by Gasteiger charge is 2.37. The topological polar surface area (TPSA) is 6.48 Å². The van der Waals surface area contributed by atoms with Crippen LogP contribution in [0.3, 0.4) is 0 Å². The van der Waals surface area contributed by atoms with E-state index in [1.54, 1.807) is 0 Å². The summed E-state index contributed by atoms with van der Waals surface area (Å²) < 4.78 is 0. The van der Waals surface area contributed by atoms with Crippen LogP contribution in [0.1, 0.15) is 80.3 Å². The first-order valence-electron chi connectivity index (χ1n) is 24.4. The molecule has 1 aliphatic heterocycles. The Bertz CT molecular complexity index is 3350. The summed E-state index contributed by atoms with van der Waals surface area (Å²) in [6.45, 7) is 27.6. The second-order valence-electron chi connectivity index (χ2n) is 19.3. The zero-order valence-electron chi connectivity index (χ0n) is 42.5. The van der Waals surface area contributed by atoms with Crippen LogP contribution in [-0.4, -0.2) is 0 Å². The van der Waals surface area contributed by atoms with Crippen molar-refractivity contribution in [2.75, 3.05) is 9.80 Å². The quantitative estimate of drug-likeness (QED) is 0.128. The minimum atomic E-state index is 0.347. The molecule has 6 heteroatoms. The molecule has 0 N–H and O–H groups in total. The molecule has 3 aromatic heterocycles. The molecule has 0 aliphatic carbocycles. The van der Waals surface area contributed by atoms with E-state index in [0.717, 1.165) is 0 Å². The smallest absolute Gasteiger partial charge is 0.104 e. The molecule has 10 rings (SSSR count). The van der Waals surface area contributed by atoms with Crippen LogP contribution in [0.15, 0.2) is 156 Å². The van der Waals surface area contributed by atoms with Gasteiger partial charge < -0.3 is 0 Å². The molecule has 9 aromatic rings. The average Bonchev–Trinajstić information content (AvgIpc) is 4.03. The average molecular weight is 987 g/mol. The minimum absolute atomic E-state index is 0.347. The van der Waals surface area contributed by atoms with Crippen molar-refractivity contribution in [1.82, 2.24) is 0 Å². The van der Waals surface area contributed by atoms with Crippen molar-refractivity contribution in [1.29, 1.82) is 0 Å². The Morgan fingerprint density at radius 3 is 1.09 bits per heavy atom. The number of nitrogens with zero attached hydrogens (tertiary/aromatic N) is 2. The van der Waals surface area contributed by atoms with Crippen molar-refractivity contribution in [3.05, 3.63) is 217 Å². The van der Waals surface area contributed by atoms with Gasteiger partial charge in [-0.15, -0.1) is 34.0 Å². The third-order valence-electron chi connectivity index (χ3n) is 15.0. The second kappa shape index (κ2) is 19.4. The van der Waals surface area contributed by atoms with Gasteiger partial charge in [0.25, 0.3) is 0 Å². The maximum Gasteiger partial charge on any atom is 0.104 e. The molecule has 2 nitrogen and oxygen atoms in total. The number of thioether (sulfide) groups is 1. The number of rotatable bonds is 11. The van der Waals surface area contributed by atoms with Gasteiger partial charge in [-0.2, -0.15) is 0 Å². The Morgan fingerprint density at radius 2 is 0.700 bits per heavy atom. The third-order valence-corrected chi connectivity index (χ3v) is 20.9. The zero-order valence-corrected chi connectivity index (χ0v) is 45.8. The molecule has 6 aromatic carbocycles. The molecule has 0 spiro atoms. The first-order chi connectivity index (χ1) is 33.7. The fourth-order valence-electron chi connectivity index (χ4n) is 10.1. The monoisotopic (exact) mass is 986 g/mol. The number of hydrogen-bond donors (Lipinski definition) is 0. The van der Waals surface area contributed by atoms with Crippen LogP contribution in [0.25, 0.3) is 42.4 Å². The third kappa shape index (κ3) is 8.41. The van der Waals surface area contributed by atoms with E-state index in [2.05, 4.69) is 238 Å². The van der Waals surface area contributed by atoms with Crippen LogP contribution in [-0.2, 0) is 0 Å². The van der Waals surface area contributed by atoms with Gasteiger partial charge in [-0.3, -0.25) is 9.80 Å². The summed E-state index contributed by atoms with van der Waals surface area (Å²) in [6.07, 6.45) is 0. The molecular weight excluding hydrogens is 925 g/mol. The summed E-state index contributed by atoms with van der Waals surface area (Å²) in [5.74, 6) is 0.394. The van der Waals surface area contributed by atoms with Crippen LogP contribution in [0.4, 0.5) is 26.4 Å². The van der Waals surface area contributed by atoms with E-state index in [-0.39, 0.29) is 0 Å². The largest absolute Gasteiger partial charge is 0.296 e. The summed E-state index contributed by atoms with van der Waals surface area (Å²) in [6, 6.07) is 54.1. The Hall–Kier alpha value is -5.89. The number of hydrogen-bond acceptors (Lipinski definition) is 6. The van der Waals surface area contributed by atoms with Crippen LogP contribution in [0.2, 0.25) is 0 Å². The lowest BCUT2D eigenvalue weighted by atomic mass is 9.92. The number of thiophene rings is 3. The minimum Gasteiger partial charge on any atom is -0.296 e. The van der Waals surface area contributed by atoms with Crippen LogP contribution in [0.5, 0.6) is 0 Å². The Labute approximate surface area is 433 Å². The lowest BCUT2D eigenvalue weighted by molar-refractivity contribution is 0.671. The maximum absolute atomic E-state index is 2.58. The molecule has 352 valence electrons. The summed E-state index contributed by atoms with van der Waals surface area (Å²) in [4.78, 5) is 9.16. The molecule has 2 unspecified atom stereocenters.